The monoisotopic (exact) mass is 330 g/mol. The Morgan fingerprint density at radius 1 is 1.44 bits per heavy atom. The Morgan fingerprint density at radius 3 is 2.72 bits per heavy atom. The third kappa shape index (κ3) is 3.05. The van der Waals surface area contributed by atoms with Crippen molar-refractivity contribution < 1.29 is 4.79 Å². The van der Waals surface area contributed by atoms with Crippen LogP contribution in [0, 0.1) is 0 Å². The van der Waals surface area contributed by atoms with E-state index in [9.17, 15) is 4.79 Å². The van der Waals surface area contributed by atoms with Crippen LogP contribution in [0.1, 0.15) is 23.2 Å². The highest BCUT2D eigenvalue weighted by atomic mass is 79.9. The van der Waals surface area contributed by atoms with Gasteiger partial charge in [0.05, 0.1) is 5.02 Å². The van der Waals surface area contributed by atoms with Crippen molar-refractivity contribution in [3.8, 4) is 0 Å². The highest BCUT2D eigenvalue weighted by Crippen LogP contribution is 2.24. The molecule has 0 atom stereocenters. The molecule has 5 heteroatoms. The first kappa shape index (κ1) is 13.8. The van der Waals surface area contributed by atoms with Crippen molar-refractivity contribution in [3.63, 3.8) is 0 Å². The zero-order chi connectivity index (χ0) is 13.1. The summed E-state index contributed by atoms with van der Waals surface area (Å²) in [6.07, 6.45) is 2.01. The summed E-state index contributed by atoms with van der Waals surface area (Å²) in [5.74, 6) is 0.0382. The van der Waals surface area contributed by atoms with Crippen molar-refractivity contribution in [1.82, 2.24) is 10.2 Å². The second-order valence-corrected chi connectivity index (χ2v) is 5.79. The second kappa shape index (κ2) is 6.04. The van der Waals surface area contributed by atoms with Crippen LogP contribution >= 0.6 is 27.5 Å². The Labute approximate surface area is 121 Å². The molecule has 18 heavy (non-hydrogen) atoms. The Bertz CT molecular complexity index is 447. The van der Waals surface area contributed by atoms with Crippen LogP contribution in [0.3, 0.4) is 0 Å². The zero-order valence-electron chi connectivity index (χ0n) is 10.2. The average Bonchev–Trinajstić information content (AvgIpc) is 2.41. The van der Waals surface area contributed by atoms with E-state index in [4.69, 9.17) is 11.6 Å². The molecule has 1 N–H and O–H groups in total. The summed E-state index contributed by atoms with van der Waals surface area (Å²) in [7, 11) is 1.87. The number of hydrogen-bond donors (Lipinski definition) is 1. The lowest BCUT2D eigenvalue weighted by molar-refractivity contribution is 0.0703. The lowest BCUT2D eigenvalue weighted by Gasteiger charge is -2.31. The third-order valence-electron chi connectivity index (χ3n) is 3.34. The molecule has 0 aliphatic carbocycles. The van der Waals surface area contributed by atoms with Crippen molar-refractivity contribution >= 4 is 33.4 Å². The van der Waals surface area contributed by atoms with Crippen molar-refractivity contribution in [2.45, 2.75) is 18.9 Å². The van der Waals surface area contributed by atoms with Crippen molar-refractivity contribution in [2.75, 3.05) is 20.1 Å². The molecule has 1 aliphatic rings. The molecule has 0 saturated carbocycles. The van der Waals surface area contributed by atoms with E-state index in [2.05, 4.69) is 21.2 Å². The molecule has 2 rings (SSSR count). The number of benzene rings is 1. The summed E-state index contributed by atoms with van der Waals surface area (Å²) in [5, 5.41) is 3.87. The van der Waals surface area contributed by atoms with Crippen LogP contribution in [0.2, 0.25) is 5.02 Å². The van der Waals surface area contributed by atoms with Gasteiger partial charge in [0.2, 0.25) is 0 Å². The van der Waals surface area contributed by atoms with Gasteiger partial charge < -0.3 is 10.2 Å². The van der Waals surface area contributed by atoms with Crippen LogP contribution < -0.4 is 5.32 Å². The van der Waals surface area contributed by atoms with E-state index in [0.29, 0.717) is 16.6 Å². The van der Waals surface area contributed by atoms with Gasteiger partial charge in [0.25, 0.3) is 5.91 Å². The van der Waals surface area contributed by atoms with Gasteiger partial charge in [0.15, 0.2) is 0 Å². The van der Waals surface area contributed by atoms with Crippen molar-refractivity contribution in [3.05, 3.63) is 33.3 Å². The molecule has 0 unspecified atom stereocenters. The van der Waals surface area contributed by atoms with E-state index < -0.39 is 0 Å². The fraction of sp³-hybridized carbons (Fsp3) is 0.462. The van der Waals surface area contributed by atoms with Crippen LogP contribution in [0.15, 0.2) is 22.7 Å². The Morgan fingerprint density at radius 2 is 2.11 bits per heavy atom. The standard InChI is InChI=1S/C13H16BrClN2O/c1-17(10-4-6-16-7-5-10)13(18)9-2-3-11(14)12(15)8-9/h2-3,8,10,16H,4-7H2,1H3. The molecular formula is C13H16BrClN2O. The van der Waals surface area contributed by atoms with Crippen LogP contribution in [0.4, 0.5) is 0 Å². The molecule has 0 spiro atoms. The van der Waals surface area contributed by atoms with Gasteiger partial charge in [-0.15, -0.1) is 0 Å². The molecule has 3 nitrogen and oxygen atoms in total. The predicted octanol–water partition coefficient (Wildman–Crippen LogP) is 2.93. The summed E-state index contributed by atoms with van der Waals surface area (Å²) >= 11 is 9.35. The molecule has 0 radical (unpaired) electrons. The number of carbonyl (C=O) groups excluding carboxylic acids is 1. The summed E-state index contributed by atoms with van der Waals surface area (Å²) < 4.78 is 0.810. The van der Waals surface area contributed by atoms with Gasteiger partial charge in [-0.1, -0.05) is 11.6 Å². The first-order chi connectivity index (χ1) is 8.59. The van der Waals surface area contributed by atoms with Gasteiger partial charge in [-0.25, -0.2) is 0 Å². The largest absolute Gasteiger partial charge is 0.339 e. The fourth-order valence-corrected chi connectivity index (χ4v) is 2.62. The summed E-state index contributed by atoms with van der Waals surface area (Å²) in [5.41, 5.74) is 0.643. The van der Waals surface area contributed by atoms with E-state index >= 15 is 0 Å². The molecule has 1 aromatic rings. The molecule has 0 bridgehead atoms. The molecule has 1 fully saturated rings. The SMILES string of the molecule is CN(C(=O)c1ccc(Br)c(Cl)c1)C1CCNCC1. The van der Waals surface area contributed by atoms with E-state index in [0.717, 1.165) is 30.4 Å². The summed E-state index contributed by atoms with van der Waals surface area (Å²) in [6.45, 7) is 1.95. The highest BCUT2D eigenvalue weighted by molar-refractivity contribution is 9.10. The summed E-state index contributed by atoms with van der Waals surface area (Å²) in [4.78, 5) is 14.2. The number of amides is 1. The Hall–Kier alpha value is -0.580. The Balaban J connectivity index is 2.11. The minimum atomic E-state index is 0.0382. The van der Waals surface area contributed by atoms with Gasteiger partial charge >= 0.3 is 0 Å². The molecule has 98 valence electrons. The number of piperidine rings is 1. The number of carbonyl (C=O) groups is 1. The van der Waals surface area contributed by atoms with Gasteiger partial charge in [0, 0.05) is 23.1 Å². The average molecular weight is 332 g/mol. The lowest BCUT2D eigenvalue weighted by Crippen LogP contribution is -2.43. The van der Waals surface area contributed by atoms with Gasteiger partial charge in [-0.3, -0.25) is 4.79 Å². The molecule has 1 heterocycles. The fourth-order valence-electron chi connectivity index (χ4n) is 2.19. The van der Waals surface area contributed by atoms with E-state index in [1.54, 1.807) is 12.1 Å². The van der Waals surface area contributed by atoms with Crippen LogP contribution in [0.5, 0.6) is 0 Å². The van der Waals surface area contributed by atoms with Crippen molar-refractivity contribution in [1.29, 1.82) is 0 Å². The van der Waals surface area contributed by atoms with Crippen LogP contribution in [-0.4, -0.2) is 37.0 Å². The first-order valence-electron chi connectivity index (χ1n) is 6.02. The maximum Gasteiger partial charge on any atom is 0.253 e. The van der Waals surface area contributed by atoms with Crippen LogP contribution in [-0.2, 0) is 0 Å². The molecule has 0 aromatic heterocycles. The van der Waals surface area contributed by atoms with Gasteiger partial charge in [-0.05, 0) is 60.1 Å². The van der Waals surface area contributed by atoms with Gasteiger partial charge in [-0.2, -0.15) is 0 Å². The minimum absolute atomic E-state index is 0.0382. The molecular weight excluding hydrogens is 316 g/mol. The Kier molecular flexibility index (Phi) is 4.65. The summed E-state index contributed by atoms with van der Waals surface area (Å²) in [6, 6.07) is 5.65. The minimum Gasteiger partial charge on any atom is -0.339 e. The molecule has 1 saturated heterocycles. The maximum atomic E-state index is 12.3. The van der Waals surface area contributed by atoms with E-state index in [-0.39, 0.29) is 5.91 Å². The lowest BCUT2D eigenvalue weighted by atomic mass is 10.0. The first-order valence-corrected chi connectivity index (χ1v) is 7.19. The van der Waals surface area contributed by atoms with Gasteiger partial charge in [0.1, 0.15) is 0 Å². The number of rotatable bonds is 2. The zero-order valence-corrected chi connectivity index (χ0v) is 12.6. The van der Waals surface area contributed by atoms with E-state index in [1.807, 2.05) is 18.0 Å². The van der Waals surface area contributed by atoms with Crippen molar-refractivity contribution in [2.24, 2.45) is 0 Å². The quantitative estimate of drug-likeness (QED) is 0.904. The molecule has 1 amide bonds. The predicted molar refractivity (Wildman–Crippen MR) is 77.1 cm³/mol. The molecule has 1 aliphatic heterocycles. The smallest absolute Gasteiger partial charge is 0.253 e. The number of nitrogens with zero attached hydrogens (tertiary/aromatic N) is 1. The number of nitrogens with one attached hydrogen (secondary N) is 1. The van der Waals surface area contributed by atoms with Crippen LogP contribution in [0.25, 0.3) is 0 Å². The third-order valence-corrected chi connectivity index (χ3v) is 4.58. The number of hydrogen-bond acceptors (Lipinski definition) is 2. The molecule has 1 aromatic carbocycles. The highest BCUT2D eigenvalue weighted by Gasteiger charge is 2.23. The maximum absolute atomic E-state index is 12.3. The van der Waals surface area contributed by atoms with E-state index in [1.165, 1.54) is 0 Å². The topological polar surface area (TPSA) is 32.3 Å². The second-order valence-electron chi connectivity index (χ2n) is 4.53. The normalized spacial score (nSPS) is 16.6. The number of halogens is 2.